The second-order valence-corrected chi connectivity index (χ2v) is 4.79. The second-order valence-electron chi connectivity index (χ2n) is 4.79. The molecular weight excluding hydrogens is 268 g/mol. The van der Waals surface area contributed by atoms with Gasteiger partial charge in [-0.05, 0) is 43.3 Å². The molecule has 0 aliphatic carbocycles. The molecule has 21 heavy (non-hydrogen) atoms. The molecule has 0 saturated heterocycles. The van der Waals surface area contributed by atoms with Gasteiger partial charge in [0.2, 0.25) is 0 Å². The highest BCUT2D eigenvalue weighted by atomic mass is 16.5. The van der Waals surface area contributed by atoms with Crippen molar-refractivity contribution in [1.29, 1.82) is 0 Å². The summed E-state index contributed by atoms with van der Waals surface area (Å²) in [5.41, 5.74) is 1.93. The van der Waals surface area contributed by atoms with Crippen LogP contribution in [0.3, 0.4) is 0 Å². The summed E-state index contributed by atoms with van der Waals surface area (Å²) >= 11 is 0. The van der Waals surface area contributed by atoms with E-state index in [4.69, 9.17) is 9.15 Å². The number of rotatable bonds is 2. The molecule has 4 nitrogen and oxygen atoms in total. The molecule has 0 amide bonds. The van der Waals surface area contributed by atoms with E-state index >= 15 is 0 Å². The fraction of sp³-hybridized carbons (Fsp3) is 0.118. The zero-order chi connectivity index (χ0) is 15.0. The number of hydrogen-bond donors (Lipinski definition) is 1. The van der Waals surface area contributed by atoms with Crippen LogP contribution in [0, 0.1) is 6.92 Å². The molecule has 3 aromatic rings. The Labute approximate surface area is 121 Å². The van der Waals surface area contributed by atoms with Crippen molar-refractivity contribution in [3.63, 3.8) is 0 Å². The number of aryl methyl sites for hydroxylation is 1. The highest BCUT2D eigenvalue weighted by Gasteiger charge is 2.11. The van der Waals surface area contributed by atoms with Crippen molar-refractivity contribution in [3.05, 3.63) is 58.3 Å². The first-order chi connectivity index (χ1) is 10.1. The van der Waals surface area contributed by atoms with Crippen LogP contribution in [-0.2, 0) is 0 Å². The van der Waals surface area contributed by atoms with Crippen LogP contribution in [0.25, 0.3) is 22.3 Å². The van der Waals surface area contributed by atoms with Crippen LogP contribution >= 0.6 is 0 Å². The van der Waals surface area contributed by atoms with Crippen LogP contribution in [0.4, 0.5) is 0 Å². The Balaban J connectivity index is 2.28. The van der Waals surface area contributed by atoms with Crippen LogP contribution < -0.4 is 10.2 Å². The molecule has 0 spiro atoms. The van der Waals surface area contributed by atoms with Gasteiger partial charge in [-0.3, -0.25) is 4.79 Å². The first-order valence-electron chi connectivity index (χ1n) is 6.51. The molecule has 106 valence electrons. The standard InChI is InChI=1S/C17H14O4/c1-10-15(20-2)8-7-13-14(19)9-16(21-17(10)13)11-3-5-12(18)6-4-11/h3-9,18H,1-2H3. The molecule has 1 heterocycles. The van der Waals surface area contributed by atoms with Gasteiger partial charge in [-0.2, -0.15) is 0 Å². The topological polar surface area (TPSA) is 59.7 Å². The number of hydrogen-bond acceptors (Lipinski definition) is 4. The van der Waals surface area contributed by atoms with Crippen molar-refractivity contribution in [1.82, 2.24) is 0 Å². The number of ether oxygens (including phenoxy) is 1. The number of phenolic OH excluding ortho intramolecular Hbond substituents is 1. The van der Waals surface area contributed by atoms with Gasteiger partial charge in [0, 0.05) is 17.2 Å². The molecule has 4 heteroatoms. The van der Waals surface area contributed by atoms with Crippen molar-refractivity contribution in [2.45, 2.75) is 6.92 Å². The second kappa shape index (κ2) is 4.98. The highest BCUT2D eigenvalue weighted by molar-refractivity contribution is 5.83. The summed E-state index contributed by atoms with van der Waals surface area (Å²) in [5, 5.41) is 9.86. The third-order valence-corrected chi connectivity index (χ3v) is 3.47. The molecule has 0 aliphatic rings. The van der Waals surface area contributed by atoms with Crippen LogP contribution in [0.15, 0.2) is 51.7 Å². The zero-order valence-electron chi connectivity index (χ0n) is 11.7. The molecule has 0 aliphatic heterocycles. The lowest BCUT2D eigenvalue weighted by atomic mass is 10.1. The van der Waals surface area contributed by atoms with Gasteiger partial charge in [-0.1, -0.05) is 0 Å². The fourth-order valence-electron chi connectivity index (χ4n) is 2.32. The van der Waals surface area contributed by atoms with Crippen molar-refractivity contribution in [3.8, 4) is 22.8 Å². The van der Waals surface area contributed by atoms with E-state index < -0.39 is 0 Å². The summed E-state index contributed by atoms with van der Waals surface area (Å²) in [4.78, 5) is 12.2. The minimum absolute atomic E-state index is 0.106. The third-order valence-electron chi connectivity index (χ3n) is 3.47. The van der Waals surface area contributed by atoms with E-state index in [-0.39, 0.29) is 11.2 Å². The maximum Gasteiger partial charge on any atom is 0.193 e. The molecule has 2 aromatic carbocycles. The van der Waals surface area contributed by atoms with Crippen molar-refractivity contribution >= 4 is 11.0 Å². The lowest BCUT2D eigenvalue weighted by Gasteiger charge is -2.09. The molecule has 0 fully saturated rings. The molecule has 0 bridgehead atoms. The number of aromatic hydroxyl groups is 1. The van der Waals surface area contributed by atoms with Crippen LogP contribution in [0.2, 0.25) is 0 Å². The normalized spacial score (nSPS) is 10.8. The smallest absolute Gasteiger partial charge is 0.193 e. The van der Waals surface area contributed by atoms with E-state index in [9.17, 15) is 9.90 Å². The third kappa shape index (κ3) is 2.25. The Hall–Kier alpha value is -2.75. The van der Waals surface area contributed by atoms with Crippen molar-refractivity contribution in [2.75, 3.05) is 7.11 Å². The first kappa shape index (κ1) is 13.2. The summed E-state index contributed by atoms with van der Waals surface area (Å²) in [6.07, 6.45) is 0. The van der Waals surface area contributed by atoms with Gasteiger partial charge in [-0.25, -0.2) is 0 Å². The van der Waals surface area contributed by atoms with E-state index in [0.717, 1.165) is 11.1 Å². The number of phenols is 1. The lowest BCUT2D eigenvalue weighted by molar-refractivity contribution is 0.411. The molecule has 0 atom stereocenters. The van der Waals surface area contributed by atoms with Gasteiger partial charge >= 0.3 is 0 Å². The minimum Gasteiger partial charge on any atom is -0.508 e. The highest BCUT2D eigenvalue weighted by Crippen LogP contribution is 2.29. The number of fused-ring (bicyclic) bond motifs is 1. The average Bonchev–Trinajstić information content (AvgIpc) is 2.49. The molecule has 1 N–H and O–H groups in total. The molecular formula is C17H14O4. The van der Waals surface area contributed by atoms with Gasteiger partial charge in [-0.15, -0.1) is 0 Å². The lowest BCUT2D eigenvalue weighted by Crippen LogP contribution is -2.02. The van der Waals surface area contributed by atoms with E-state index in [1.54, 1.807) is 43.5 Å². The Bertz CT molecular complexity index is 860. The number of benzene rings is 2. The molecule has 1 aromatic heterocycles. The van der Waals surface area contributed by atoms with Crippen LogP contribution in [0.5, 0.6) is 11.5 Å². The van der Waals surface area contributed by atoms with E-state index in [0.29, 0.717) is 22.5 Å². The summed E-state index contributed by atoms with van der Waals surface area (Å²) in [7, 11) is 1.58. The SMILES string of the molecule is COc1ccc2c(=O)cc(-c3ccc(O)cc3)oc2c1C. The molecule has 0 radical (unpaired) electrons. The maximum absolute atomic E-state index is 12.2. The minimum atomic E-state index is -0.106. The van der Waals surface area contributed by atoms with Crippen LogP contribution in [0.1, 0.15) is 5.56 Å². The zero-order valence-corrected chi connectivity index (χ0v) is 11.7. The maximum atomic E-state index is 12.2. The summed E-state index contributed by atoms with van der Waals surface area (Å²) < 4.78 is 11.1. The molecule has 3 rings (SSSR count). The van der Waals surface area contributed by atoms with E-state index in [1.165, 1.54) is 6.07 Å². The monoisotopic (exact) mass is 282 g/mol. The summed E-state index contributed by atoms with van der Waals surface area (Å²) in [6, 6.07) is 11.4. The predicted octanol–water partition coefficient (Wildman–Crippen LogP) is 3.48. The fourth-order valence-corrected chi connectivity index (χ4v) is 2.32. The van der Waals surface area contributed by atoms with Gasteiger partial charge < -0.3 is 14.3 Å². The molecule has 0 unspecified atom stereocenters. The van der Waals surface area contributed by atoms with Gasteiger partial charge in [0.15, 0.2) is 5.43 Å². The first-order valence-corrected chi connectivity index (χ1v) is 6.51. The molecule has 0 saturated carbocycles. The van der Waals surface area contributed by atoms with Crippen LogP contribution in [-0.4, -0.2) is 12.2 Å². The quantitative estimate of drug-likeness (QED) is 0.781. The Morgan fingerprint density at radius 2 is 1.81 bits per heavy atom. The Morgan fingerprint density at radius 3 is 2.48 bits per heavy atom. The van der Waals surface area contributed by atoms with E-state index in [1.807, 2.05) is 6.92 Å². The van der Waals surface area contributed by atoms with Crippen molar-refractivity contribution in [2.24, 2.45) is 0 Å². The predicted molar refractivity (Wildman–Crippen MR) is 80.9 cm³/mol. The summed E-state index contributed by atoms with van der Waals surface area (Å²) in [5.74, 6) is 1.30. The van der Waals surface area contributed by atoms with Crippen molar-refractivity contribution < 1.29 is 14.3 Å². The average molecular weight is 282 g/mol. The van der Waals surface area contributed by atoms with E-state index in [2.05, 4.69) is 0 Å². The Kier molecular flexibility index (Phi) is 3.14. The van der Waals surface area contributed by atoms with Gasteiger partial charge in [0.05, 0.1) is 12.5 Å². The summed E-state index contributed by atoms with van der Waals surface area (Å²) in [6.45, 7) is 1.85. The van der Waals surface area contributed by atoms with Gasteiger partial charge in [0.25, 0.3) is 0 Å². The largest absolute Gasteiger partial charge is 0.508 e. The Morgan fingerprint density at radius 1 is 1.10 bits per heavy atom. The van der Waals surface area contributed by atoms with Gasteiger partial charge in [0.1, 0.15) is 22.8 Å². The number of methoxy groups -OCH3 is 1.